The minimum absolute atomic E-state index is 0.224. The lowest BCUT2D eigenvalue weighted by atomic mass is 9.83. The Morgan fingerprint density at radius 1 is 1.03 bits per heavy atom. The minimum atomic E-state index is 0.224. The Bertz CT molecular complexity index is 1380. The van der Waals surface area contributed by atoms with Crippen LogP contribution in [0.15, 0.2) is 46.8 Å². The zero-order valence-corrected chi connectivity index (χ0v) is 21.7. The van der Waals surface area contributed by atoms with E-state index in [1.54, 1.807) is 28.7 Å². The summed E-state index contributed by atoms with van der Waals surface area (Å²) >= 11 is 3.28. The molecule has 1 aliphatic heterocycles. The summed E-state index contributed by atoms with van der Waals surface area (Å²) < 4.78 is 4.73. The Morgan fingerprint density at radius 2 is 1.91 bits per heavy atom. The number of fused-ring (bicyclic) bond motifs is 4. The molecule has 4 aromatic rings. The first kappa shape index (κ1) is 21.9. The van der Waals surface area contributed by atoms with Crippen molar-refractivity contribution in [3.8, 4) is 0 Å². The molecule has 0 saturated heterocycles. The van der Waals surface area contributed by atoms with Gasteiger partial charge in [-0.05, 0) is 73.4 Å². The van der Waals surface area contributed by atoms with Crippen molar-refractivity contribution in [1.82, 2.24) is 14.5 Å². The van der Waals surface area contributed by atoms with Crippen molar-refractivity contribution in [2.24, 2.45) is 0 Å². The van der Waals surface area contributed by atoms with Crippen LogP contribution in [0.2, 0.25) is 0 Å². The molecule has 0 N–H and O–H groups in total. The monoisotopic (exact) mass is 501 g/mol. The Kier molecular flexibility index (Phi) is 5.62. The fourth-order valence-corrected chi connectivity index (χ4v) is 8.68. The van der Waals surface area contributed by atoms with Crippen molar-refractivity contribution < 1.29 is 4.79 Å². The second kappa shape index (κ2) is 8.97. The average molecular weight is 502 g/mol. The lowest BCUT2D eigenvalue weighted by Gasteiger charge is -2.40. The van der Waals surface area contributed by atoms with Gasteiger partial charge in [-0.3, -0.25) is 4.79 Å². The molecule has 7 rings (SSSR count). The number of nitrogens with zero attached hydrogens (tertiary/aromatic N) is 3. The van der Waals surface area contributed by atoms with Crippen LogP contribution in [0.3, 0.4) is 0 Å². The molecule has 1 fully saturated rings. The third kappa shape index (κ3) is 3.80. The van der Waals surface area contributed by atoms with Crippen molar-refractivity contribution in [2.75, 3.05) is 12.3 Å². The third-order valence-corrected chi connectivity index (χ3v) is 10.6. The van der Waals surface area contributed by atoms with Gasteiger partial charge in [-0.1, -0.05) is 49.2 Å². The van der Waals surface area contributed by atoms with Gasteiger partial charge < -0.3 is 9.47 Å². The van der Waals surface area contributed by atoms with Gasteiger partial charge in [0.15, 0.2) is 4.34 Å². The van der Waals surface area contributed by atoms with Gasteiger partial charge in [-0.2, -0.15) is 0 Å². The maximum atomic E-state index is 13.4. The van der Waals surface area contributed by atoms with E-state index in [-0.39, 0.29) is 11.9 Å². The summed E-state index contributed by atoms with van der Waals surface area (Å²) in [6, 6.07) is 15.7. The fourth-order valence-electron chi connectivity index (χ4n) is 6.73. The topological polar surface area (TPSA) is 38.1 Å². The molecule has 1 saturated carbocycles. The van der Waals surface area contributed by atoms with Gasteiger partial charge in [0.05, 0.1) is 22.0 Å². The van der Waals surface area contributed by atoms with Crippen molar-refractivity contribution in [2.45, 2.75) is 74.2 Å². The molecule has 1 amide bonds. The number of para-hydroxylation sites is 1. The van der Waals surface area contributed by atoms with Crippen LogP contribution in [0.25, 0.3) is 21.1 Å². The quantitative estimate of drug-likeness (QED) is 0.275. The predicted octanol–water partition coefficient (Wildman–Crippen LogP) is 7.31. The standard InChI is InChI=1S/C29H31N3OS2/c33-27(18-34-29-30-23-10-4-5-12-26(23)35-29)31-15-16-32-24-14-13-20(19-7-2-1-3-8-19)17-22(24)21-9-6-11-25(31)28(21)32/h4-5,10,12-14,17,19,25H,1-3,6-9,11,15-16,18H2/t25-/m0/s1. The zero-order chi connectivity index (χ0) is 23.4. The van der Waals surface area contributed by atoms with Crippen LogP contribution in [-0.2, 0) is 17.8 Å². The number of amides is 1. The van der Waals surface area contributed by atoms with Gasteiger partial charge >= 0.3 is 0 Å². The van der Waals surface area contributed by atoms with Crippen LogP contribution >= 0.6 is 23.1 Å². The van der Waals surface area contributed by atoms with Gasteiger partial charge in [-0.15, -0.1) is 11.3 Å². The Hall–Kier alpha value is -2.31. The summed E-state index contributed by atoms with van der Waals surface area (Å²) in [5.74, 6) is 1.46. The highest BCUT2D eigenvalue weighted by atomic mass is 32.2. The molecule has 4 nitrogen and oxygen atoms in total. The summed E-state index contributed by atoms with van der Waals surface area (Å²) in [7, 11) is 0. The summed E-state index contributed by atoms with van der Waals surface area (Å²) in [6.45, 7) is 1.72. The van der Waals surface area contributed by atoms with Crippen molar-refractivity contribution >= 4 is 50.1 Å². The number of carbonyl (C=O) groups is 1. The molecule has 2 aromatic heterocycles. The highest BCUT2D eigenvalue weighted by Crippen LogP contribution is 2.44. The molecule has 0 bridgehead atoms. The lowest BCUT2D eigenvalue weighted by Crippen LogP contribution is -2.44. The Labute approximate surface area is 214 Å². The first-order valence-corrected chi connectivity index (χ1v) is 15.0. The molecule has 0 radical (unpaired) electrons. The number of rotatable bonds is 4. The van der Waals surface area contributed by atoms with Crippen LogP contribution in [0.5, 0.6) is 0 Å². The first-order chi connectivity index (χ1) is 17.3. The number of aromatic nitrogens is 2. The smallest absolute Gasteiger partial charge is 0.233 e. The summed E-state index contributed by atoms with van der Waals surface area (Å²) in [4.78, 5) is 20.3. The van der Waals surface area contributed by atoms with Crippen LogP contribution in [0.4, 0.5) is 0 Å². The molecule has 6 heteroatoms. The number of hydrogen-bond acceptors (Lipinski definition) is 4. The molecule has 2 aliphatic carbocycles. The molecule has 2 aromatic carbocycles. The number of thiazole rings is 1. The van der Waals surface area contributed by atoms with E-state index in [2.05, 4.69) is 33.7 Å². The summed E-state index contributed by atoms with van der Waals surface area (Å²) in [6.07, 6.45) is 10.2. The number of aryl methyl sites for hydroxylation is 1. The number of carbonyl (C=O) groups excluding carboxylic acids is 1. The molecule has 0 spiro atoms. The van der Waals surface area contributed by atoms with Crippen molar-refractivity contribution in [3.05, 3.63) is 59.3 Å². The van der Waals surface area contributed by atoms with E-state index in [0.29, 0.717) is 5.75 Å². The number of hydrogen-bond donors (Lipinski definition) is 0. The minimum Gasteiger partial charge on any atom is -0.341 e. The van der Waals surface area contributed by atoms with Gasteiger partial charge in [-0.25, -0.2) is 4.98 Å². The molecular weight excluding hydrogens is 470 g/mol. The molecule has 35 heavy (non-hydrogen) atoms. The summed E-state index contributed by atoms with van der Waals surface area (Å²) in [5.41, 5.74) is 6.90. The van der Waals surface area contributed by atoms with E-state index in [0.717, 1.165) is 41.7 Å². The van der Waals surface area contributed by atoms with Gasteiger partial charge in [0.1, 0.15) is 0 Å². The normalized spacial score (nSPS) is 20.5. The molecule has 3 aliphatic rings. The molecule has 0 unspecified atom stereocenters. The van der Waals surface area contributed by atoms with Crippen LogP contribution in [0.1, 0.15) is 73.7 Å². The largest absolute Gasteiger partial charge is 0.341 e. The van der Waals surface area contributed by atoms with E-state index < -0.39 is 0 Å². The van der Waals surface area contributed by atoms with Crippen LogP contribution in [0, 0.1) is 0 Å². The highest BCUT2D eigenvalue weighted by molar-refractivity contribution is 8.01. The molecular formula is C29H31N3OS2. The van der Waals surface area contributed by atoms with Crippen molar-refractivity contribution in [3.63, 3.8) is 0 Å². The van der Waals surface area contributed by atoms with Gasteiger partial charge in [0.2, 0.25) is 5.91 Å². The second-order valence-corrected chi connectivity index (χ2v) is 12.6. The first-order valence-electron chi connectivity index (χ1n) is 13.2. The number of benzene rings is 2. The summed E-state index contributed by atoms with van der Waals surface area (Å²) in [5, 5.41) is 1.46. The van der Waals surface area contributed by atoms with E-state index in [1.165, 1.54) is 65.4 Å². The Balaban J connectivity index is 1.15. The zero-order valence-electron chi connectivity index (χ0n) is 20.0. The van der Waals surface area contributed by atoms with Crippen LogP contribution < -0.4 is 0 Å². The van der Waals surface area contributed by atoms with Crippen LogP contribution in [-0.4, -0.2) is 32.7 Å². The molecule has 180 valence electrons. The van der Waals surface area contributed by atoms with Gasteiger partial charge in [0.25, 0.3) is 0 Å². The second-order valence-electron chi connectivity index (χ2n) is 10.4. The van der Waals surface area contributed by atoms with Crippen molar-refractivity contribution in [1.29, 1.82) is 0 Å². The average Bonchev–Trinajstić information content (AvgIpc) is 3.48. The molecule has 1 atom stereocenters. The fraction of sp³-hybridized carbons (Fsp3) is 0.448. The predicted molar refractivity (Wildman–Crippen MR) is 145 cm³/mol. The number of thioether (sulfide) groups is 1. The van der Waals surface area contributed by atoms with Gasteiger partial charge in [0, 0.05) is 29.7 Å². The van der Waals surface area contributed by atoms with E-state index in [9.17, 15) is 4.79 Å². The molecule has 3 heterocycles. The van der Waals surface area contributed by atoms with E-state index >= 15 is 0 Å². The lowest BCUT2D eigenvalue weighted by molar-refractivity contribution is -0.132. The highest BCUT2D eigenvalue weighted by Gasteiger charge is 2.37. The maximum Gasteiger partial charge on any atom is 0.233 e. The van der Waals surface area contributed by atoms with E-state index in [1.807, 2.05) is 18.2 Å². The SMILES string of the molecule is O=C(CSc1nc2ccccc2s1)N1CCn2c3c(c4cc(C5CCCCC5)ccc42)CCC[C@@H]31. The maximum absolute atomic E-state index is 13.4. The van der Waals surface area contributed by atoms with E-state index in [4.69, 9.17) is 4.98 Å². The Morgan fingerprint density at radius 3 is 2.80 bits per heavy atom. The third-order valence-electron chi connectivity index (χ3n) is 8.39.